The van der Waals surface area contributed by atoms with Gasteiger partial charge in [-0.15, -0.1) is 0 Å². The molecule has 172 valence electrons. The number of likely N-dealkylation sites (tertiary alicyclic amines) is 1. The summed E-state index contributed by atoms with van der Waals surface area (Å²) < 4.78 is 5.92. The average Bonchev–Trinajstić information content (AvgIpc) is 2.78. The number of carbonyl (C=O) groups is 1. The highest BCUT2D eigenvalue weighted by Gasteiger charge is 2.29. The van der Waals surface area contributed by atoms with Crippen molar-refractivity contribution in [3.8, 4) is 5.75 Å². The maximum atomic E-state index is 13.1. The highest BCUT2D eigenvalue weighted by molar-refractivity contribution is 5.79. The Labute approximate surface area is 193 Å². The van der Waals surface area contributed by atoms with Crippen LogP contribution in [0.1, 0.15) is 63.0 Å². The first-order chi connectivity index (χ1) is 15.7. The van der Waals surface area contributed by atoms with Crippen LogP contribution in [0.2, 0.25) is 0 Å². The third-order valence-corrected chi connectivity index (χ3v) is 7.13. The lowest BCUT2D eigenvalue weighted by atomic mass is 9.84. The van der Waals surface area contributed by atoms with Gasteiger partial charge in [0.05, 0.1) is 0 Å². The van der Waals surface area contributed by atoms with Crippen molar-refractivity contribution in [1.29, 1.82) is 0 Å². The molecule has 0 bridgehead atoms. The molecule has 2 aromatic rings. The van der Waals surface area contributed by atoms with Gasteiger partial charge in [-0.3, -0.25) is 4.79 Å². The van der Waals surface area contributed by atoms with Crippen molar-refractivity contribution in [2.45, 2.75) is 71.1 Å². The SMILES string of the molecule is CC1CCCCN1CCCN(Cc1ccc(OCc2ccccc2)cc1)C(=O)C1CCC1. The van der Waals surface area contributed by atoms with Crippen molar-refractivity contribution in [1.82, 2.24) is 9.80 Å². The van der Waals surface area contributed by atoms with E-state index in [2.05, 4.69) is 41.0 Å². The van der Waals surface area contributed by atoms with Gasteiger partial charge in [0.2, 0.25) is 5.91 Å². The fraction of sp³-hybridized carbons (Fsp3) is 0.536. The third-order valence-electron chi connectivity index (χ3n) is 7.13. The van der Waals surface area contributed by atoms with E-state index in [0.717, 1.165) is 43.7 Å². The summed E-state index contributed by atoms with van der Waals surface area (Å²) >= 11 is 0. The fourth-order valence-corrected chi connectivity index (χ4v) is 4.79. The van der Waals surface area contributed by atoms with Crippen LogP contribution in [0.5, 0.6) is 5.75 Å². The second kappa shape index (κ2) is 11.5. The Morgan fingerprint density at radius 1 is 0.969 bits per heavy atom. The predicted octanol–water partition coefficient (Wildman–Crippen LogP) is 5.66. The molecule has 4 nitrogen and oxygen atoms in total. The molecule has 1 saturated carbocycles. The number of amides is 1. The zero-order valence-corrected chi connectivity index (χ0v) is 19.5. The van der Waals surface area contributed by atoms with Crippen molar-refractivity contribution < 1.29 is 9.53 Å². The van der Waals surface area contributed by atoms with Gasteiger partial charge < -0.3 is 14.5 Å². The van der Waals surface area contributed by atoms with E-state index in [1.807, 2.05) is 30.3 Å². The van der Waals surface area contributed by atoms with E-state index in [1.54, 1.807) is 0 Å². The lowest BCUT2D eigenvalue weighted by molar-refractivity contribution is -0.139. The summed E-state index contributed by atoms with van der Waals surface area (Å²) in [5, 5.41) is 0. The molecule has 32 heavy (non-hydrogen) atoms. The quantitative estimate of drug-likeness (QED) is 0.484. The van der Waals surface area contributed by atoms with Gasteiger partial charge in [0.1, 0.15) is 12.4 Å². The van der Waals surface area contributed by atoms with Crippen molar-refractivity contribution in [2.24, 2.45) is 5.92 Å². The molecule has 0 spiro atoms. The van der Waals surface area contributed by atoms with Crippen LogP contribution in [0.25, 0.3) is 0 Å². The Morgan fingerprint density at radius 3 is 2.44 bits per heavy atom. The van der Waals surface area contributed by atoms with E-state index in [0.29, 0.717) is 25.1 Å². The molecule has 1 saturated heterocycles. The van der Waals surface area contributed by atoms with E-state index in [1.165, 1.54) is 37.8 Å². The largest absolute Gasteiger partial charge is 0.489 e. The first kappa shape index (κ1) is 22.8. The number of benzene rings is 2. The Morgan fingerprint density at radius 2 is 1.75 bits per heavy atom. The van der Waals surface area contributed by atoms with Crippen molar-refractivity contribution in [3.63, 3.8) is 0 Å². The second-order valence-electron chi connectivity index (χ2n) is 9.54. The molecular formula is C28H38N2O2. The van der Waals surface area contributed by atoms with Gasteiger partial charge in [0.15, 0.2) is 0 Å². The first-order valence-electron chi connectivity index (χ1n) is 12.5. The highest BCUT2D eigenvalue weighted by atomic mass is 16.5. The molecule has 0 N–H and O–H groups in total. The summed E-state index contributed by atoms with van der Waals surface area (Å²) in [6.07, 6.45) is 8.35. The van der Waals surface area contributed by atoms with Crippen LogP contribution in [0.4, 0.5) is 0 Å². The lowest BCUT2D eigenvalue weighted by Gasteiger charge is -2.35. The zero-order chi connectivity index (χ0) is 22.2. The Kier molecular flexibility index (Phi) is 8.22. The molecule has 4 rings (SSSR count). The van der Waals surface area contributed by atoms with E-state index in [-0.39, 0.29) is 5.92 Å². The monoisotopic (exact) mass is 434 g/mol. The second-order valence-corrected chi connectivity index (χ2v) is 9.54. The maximum Gasteiger partial charge on any atom is 0.225 e. The number of rotatable bonds is 10. The molecule has 2 aromatic carbocycles. The van der Waals surface area contributed by atoms with Gasteiger partial charge in [0.25, 0.3) is 0 Å². The molecule has 2 fully saturated rings. The van der Waals surface area contributed by atoms with Crippen LogP contribution >= 0.6 is 0 Å². The van der Waals surface area contributed by atoms with E-state index in [4.69, 9.17) is 4.74 Å². The van der Waals surface area contributed by atoms with Crippen LogP contribution in [0.15, 0.2) is 54.6 Å². The van der Waals surface area contributed by atoms with Gasteiger partial charge in [-0.2, -0.15) is 0 Å². The number of ether oxygens (including phenoxy) is 1. The van der Waals surface area contributed by atoms with Crippen molar-refractivity contribution in [3.05, 3.63) is 65.7 Å². The first-order valence-corrected chi connectivity index (χ1v) is 12.5. The van der Waals surface area contributed by atoms with Crippen LogP contribution in [0, 0.1) is 5.92 Å². The summed E-state index contributed by atoms with van der Waals surface area (Å²) in [5.74, 6) is 1.47. The third kappa shape index (κ3) is 6.35. The van der Waals surface area contributed by atoms with Crippen LogP contribution in [-0.4, -0.2) is 41.4 Å². The average molecular weight is 435 g/mol. The molecule has 1 aliphatic heterocycles. The smallest absolute Gasteiger partial charge is 0.225 e. The number of hydrogen-bond acceptors (Lipinski definition) is 3. The van der Waals surface area contributed by atoms with Crippen LogP contribution < -0.4 is 4.74 Å². The highest BCUT2D eigenvalue weighted by Crippen LogP contribution is 2.29. The van der Waals surface area contributed by atoms with Gasteiger partial charge in [0, 0.05) is 31.6 Å². The number of piperidine rings is 1. The molecule has 1 unspecified atom stereocenters. The number of hydrogen-bond donors (Lipinski definition) is 0. The number of carbonyl (C=O) groups excluding carboxylic acids is 1. The minimum absolute atomic E-state index is 0.248. The number of nitrogens with zero attached hydrogens (tertiary/aromatic N) is 2. The Bertz CT molecular complexity index is 832. The van der Waals surface area contributed by atoms with Crippen LogP contribution in [-0.2, 0) is 17.9 Å². The minimum atomic E-state index is 0.248. The molecule has 0 aromatic heterocycles. The maximum absolute atomic E-state index is 13.1. The summed E-state index contributed by atoms with van der Waals surface area (Å²) in [4.78, 5) is 17.8. The zero-order valence-electron chi connectivity index (χ0n) is 19.5. The van der Waals surface area contributed by atoms with Gasteiger partial charge in [-0.25, -0.2) is 0 Å². The van der Waals surface area contributed by atoms with E-state index >= 15 is 0 Å². The molecular weight excluding hydrogens is 396 g/mol. The van der Waals surface area contributed by atoms with Gasteiger partial charge in [-0.05, 0) is 68.8 Å². The Hall–Kier alpha value is -2.33. The molecule has 1 amide bonds. The van der Waals surface area contributed by atoms with E-state index in [9.17, 15) is 4.79 Å². The Balaban J connectivity index is 1.31. The summed E-state index contributed by atoms with van der Waals surface area (Å²) in [7, 11) is 0. The molecule has 1 aliphatic carbocycles. The summed E-state index contributed by atoms with van der Waals surface area (Å²) in [6, 6.07) is 19.2. The minimum Gasteiger partial charge on any atom is -0.489 e. The molecule has 1 heterocycles. The summed E-state index contributed by atoms with van der Waals surface area (Å²) in [5.41, 5.74) is 2.34. The summed E-state index contributed by atoms with van der Waals surface area (Å²) in [6.45, 7) is 6.78. The van der Waals surface area contributed by atoms with E-state index < -0.39 is 0 Å². The standard InChI is InChI=1S/C28H38N2O2/c1-23-9-5-6-18-29(23)19-8-20-30(28(31)26-12-7-13-26)21-24-14-16-27(17-15-24)32-22-25-10-3-2-4-11-25/h2-4,10-11,14-17,23,26H,5-9,12-13,18-22H2,1H3. The molecule has 4 heteroatoms. The molecule has 2 aliphatic rings. The molecule has 1 atom stereocenters. The van der Waals surface area contributed by atoms with Crippen molar-refractivity contribution >= 4 is 5.91 Å². The van der Waals surface area contributed by atoms with Gasteiger partial charge in [-0.1, -0.05) is 55.3 Å². The lowest BCUT2D eigenvalue weighted by Crippen LogP contribution is -2.42. The molecule has 0 radical (unpaired) electrons. The van der Waals surface area contributed by atoms with Crippen LogP contribution in [0.3, 0.4) is 0 Å². The topological polar surface area (TPSA) is 32.8 Å². The normalized spacial score (nSPS) is 19.3. The van der Waals surface area contributed by atoms with Crippen molar-refractivity contribution in [2.75, 3.05) is 19.6 Å². The van der Waals surface area contributed by atoms with Gasteiger partial charge >= 0.3 is 0 Å². The predicted molar refractivity (Wildman–Crippen MR) is 129 cm³/mol. The fourth-order valence-electron chi connectivity index (χ4n) is 4.79.